The average Bonchev–Trinajstić information content (AvgIpc) is 2.36. The van der Waals surface area contributed by atoms with Gasteiger partial charge in [0, 0.05) is 19.3 Å². The van der Waals surface area contributed by atoms with Gasteiger partial charge in [0.25, 0.3) is 0 Å². The molecule has 1 saturated heterocycles. The molecule has 19 heavy (non-hydrogen) atoms. The topological polar surface area (TPSA) is 41.9 Å². The number of ether oxygens (including phenoxy) is 2. The molecule has 1 aromatic carbocycles. The van der Waals surface area contributed by atoms with Crippen LogP contribution in [0.3, 0.4) is 0 Å². The van der Waals surface area contributed by atoms with Crippen LogP contribution in [0.5, 0.6) is 5.75 Å². The van der Waals surface area contributed by atoms with Crippen molar-refractivity contribution in [2.24, 2.45) is 5.41 Å². The Bertz CT molecular complexity index is 449. The summed E-state index contributed by atoms with van der Waals surface area (Å²) in [5.41, 5.74) is 3.46. The number of rotatable bonds is 5. The Morgan fingerprint density at radius 3 is 2.47 bits per heavy atom. The molecule has 0 atom stereocenters. The Morgan fingerprint density at radius 2 is 2.00 bits per heavy atom. The molecule has 0 unspecified atom stereocenters. The molecule has 4 heteroatoms. The first kappa shape index (κ1) is 14.2. The van der Waals surface area contributed by atoms with E-state index < -0.39 is 0 Å². The van der Waals surface area contributed by atoms with Crippen LogP contribution in [0.2, 0.25) is 0 Å². The van der Waals surface area contributed by atoms with Crippen LogP contribution in [-0.2, 0) is 4.74 Å². The van der Waals surface area contributed by atoms with Gasteiger partial charge in [-0.2, -0.15) is 0 Å². The second-order valence-corrected chi connectivity index (χ2v) is 5.54. The van der Waals surface area contributed by atoms with E-state index in [1.807, 2.05) is 6.07 Å². The normalized spacial score (nSPS) is 16.9. The fraction of sp³-hybridized carbons (Fsp3) is 0.600. The summed E-state index contributed by atoms with van der Waals surface area (Å²) < 4.78 is 10.6. The van der Waals surface area contributed by atoms with Crippen molar-refractivity contribution in [2.45, 2.75) is 13.8 Å². The molecule has 4 nitrogen and oxygen atoms in total. The second kappa shape index (κ2) is 5.39. The van der Waals surface area contributed by atoms with Crippen LogP contribution in [0.4, 0.5) is 5.69 Å². The van der Waals surface area contributed by atoms with E-state index in [1.165, 1.54) is 11.3 Å². The van der Waals surface area contributed by atoms with Gasteiger partial charge in [-0.15, -0.1) is 0 Å². The molecule has 0 amide bonds. The van der Waals surface area contributed by atoms with Gasteiger partial charge in [0.15, 0.2) is 0 Å². The number of anilines is 1. The highest BCUT2D eigenvalue weighted by Crippen LogP contribution is 2.33. The second-order valence-electron chi connectivity index (χ2n) is 5.54. The van der Waals surface area contributed by atoms with Crippen LogP contribution in [0.25, 0.3) is 0 Å². The molecular formula is C15H23NO3. The van der Waals surface area contributed by atoms with Gasteiger partial charge >= 0.3 is 0 Å². The van der Waals surface area contributed by atoms with Gasteiger partial charge < -0.3 is 19.5 Å². The molecule has 0 saturated carbocycles. The molecule has 0 bridgehead atoms. The van der Waals surface area contributed by atoms with E-state index in [9.17, 15) is 5.11 Å². The number of nitrogens with zero attached hydrogens (tertiary/aromatic N) is 1. The maximum atomic E-state index is 9.51. The summed E-state index contributed by atoms with van der Waals surface area (Å²) in [5.74, 6) is 0.915. The number of methoxy groups -OCH3 is 1. The van der Waals surface area contributed by atoms with Gasteiger partial charge in [-0.25, -0.2) is 0 Å². The van der Waals surface area contributed by atoms with Crippen molar-refractivity contribution in [3.8, 4) is 5.75 Å². The first-order valence-electron chi connectivity index (χ1n) is 6.57. The molecule has 106 valence electrons. The van der Waals surface area contributed by atoms with E-state index in [-0.39, 0.29) is 12.0 Å². The van der Waals surface area contributed by atoms with Crippen LogP contribution in [0.15, 0.2) is 12.1 Å². The lowest BCUT2D eigenvalue weighted by atomic mass is 9.86. The quantitative estimate of drug-likeness (QED) is 0.881. The molecule has 0 aliphatic carbocycles. The average molecular weight is 265 g/mol. The Kier molecular flexibility index (Phi) is 4.02. The molecule has 1 heterocycles. The third-order valence-electron chi connectivity index (χ3n) is 4.06. The minimum absolute atomic E-state index is 0.102. The summed E-state index contributed by atoms with van der Waals surface area (Å²) in [7, 11) is 3.75. The van der Waals surface area contributed by atoms with Crippen molar-refractivity contribution in [2.75, 3.05) is 45.4 Å². The SMILES string of the molecule is COc1ccc(N(C)CC2(CO)COC2)c(C)c1C. The van der Waals surface area contributed by atoms with Crippen LogP contribution in [0.1, 0.15) is 11.1 Å². The fourth-order valence-electron chi connectivity index (χ4n) is 2.63. The van der Waals surface area contributed by atoms with Gasteiger partial charge in [0.2, 0.25) is 0 Å². The lowest BCUT2D eigenvalue weighted by molar-refractivity contribution is -0.130. The lowest BCUT2D eigenvalue weighted by Gasteiger charge is -2.43. The smallest absolute Gasteiger partial charge is 0.122 e. The fourth-order valence-corrected chi connectivity index (χ4v) is 2.63. The highest BCUT2D eigenvalue weighted by atomic mass is 16.5. The van der Waals surface area contributed by atoms with E-state index in [4.69, 9.17) is 9.47 Å². The molecule has 0 radical (unpaired) electrons. The molecule has 1 aliphatic heterocycles. The summed E-state index contributed by atoms with van der Waals surface area (Å²) in [4.78, 5) is 2.19. The Labute approximate surface area is 114 Å². The lowest BCUT2D eigenvalue weighted by Crippen LogP contribution is -2.52. The highest BCUT2D eigenvalue weighted by Gasteiger charge is 2.39. The Hall–Kier alpha value is -1.26. The van der Waals surface area contributed by atoms with Gasteiger partial charge in [-0.1, -0.05) is 0 Å². The van der Waals surface area contributed by atoms with Crippen LogP contribution in [-0.4, -0.2) is 45.6 Å². The Balaban J connectivity index is 2.19. The molecule has 0 spiro atoms. The van der Waals surface area contributed by atoms with E-state index in [2.05, 4.69) is 31.9 Å². The molecule has 1 fully saturated rings. The molecule has 2 rings (SSSR count). The van der Waals surface area contributed by atoms with Crippen molar-refractivity contribution in [1.82, 2.24) is 0 Å². The van der Waals surface area contributed by atoms with Crippen LogP contribution < -0.4 is 9.64 Å². The van der Waals surface area contributed by atoms with Gasteiger partial charge in [-0.3, -0.25) is 0 Å². The van der Waals surface area contributed by atoms with Crippen molar-refractivity contribution >= 4 is 5.69 Å². The largest absolute Gasteiger partial charge is 0.496 e. The molecular weight excluding hydrogens is 242 g/mol. The third-order valence-corrected chi connectivity index (χ3v) is 4.06. The number of hydrogen-bond acceptors (Lipinski definition) is 4. The molecule has 1 N–H and O–H groups in total. The van der Waals surface area contributed by atoms with Crippen molar-refractivity contribution in [3.63, 3.8) is 0 Å². The van der Waals surface area contributed by atoms with Crippen molar-refractivity contribution in [1.29, 1.82) is 0 Å². The monoisotopic (exact) mass is 265 g/mol. The standard InChI is InChI=1S/C15H23NO3/c1-11-12(2)14(18-4)6-5-13(11)16(3)7-15(8-17)9-19-10-15/h5-6,17H,7-10H2,1-4H3. The number of aliphatic hydroxyl groups is 1. The van der Waals surface area contributed by atoms with Crippen LogP contribution in [0, 0.1) is 19.3 Å². The summed E-state index contributed by atoms with van der Waals surface area (Å²) >= 11 is 0. The first-order chi connectivity index (χ1) is 9.03. The molecule has 1 aromatic rings. The maximum absolute atomic E-state index is 9.51. The summed E-state index contributed by atoms with van der Waals surface area (Å²) in [6, 6.07) is 4.07. The van der Waals surface area contributed by atoms with Gasteiger partial charge in [0.1, 0.15) is 5.75 Å². The zero-order valence-electron chi connectivity index (χ0n) is 12.2. The summed E-state index contributed by atoms with van der Waals surface area (Å²) in [5, 5.41) is 9.51. The zero-order chi connectivity index (χ0) is 14.0. The predicted octanol–water partition coefficient (Wildman–Crippen LogP) is 1.76. The van der Waals surface area contributed by atoms with E-state index >= 15 is 0 Å². The van der Waals surface area contributed by atoms with Crippen molar-refractivity contribution < 1.29 is 14.6 Å². The van der Waals surface area contributed by atoms with E-state index in [0.29, 0.717) is 13.2 Å². The minimum Gasteiger partial charge on any atom is -0.496 e. The van der Waals surface area contributed by atoms with Gasteiger partial charge in [0.05, 0.1) is 32.3 Å². The number of hydrogen-bond donors (Lipinski definition) is 1. The van der Waals surface area contributed by atoms with E-state index in [1.54, 1.807) is 7.11 Å². The van der Waals surface area contributed by atoms with Gasteiger partial charge in [-0.05, 0) is 37.1 Å². The highest BCUT2D eigenvalue weighted by molar-refractivity contribution is 5.59. The first-order valence-corrected chi connectivity index (χ1v) is 6.57. The van der Waals surface area contributed by atoms with Crippen molar-refractivity contribution in [3.05, 3.63) is 23.3 Å². The molecule has 1 aliphatic rings. The number of aliphatic hydroxyl groups excluding tert-OH is 1. The van der Waals surface area contributed by atoms with Crippen LogP contribution >= 0.6 is 0 Å². The predicted molar refractivity (Wildman–Crippen MR) is 76.1 cm³/mol. The summed E-state index contributed by atoms with van der Waals surface area (Å²) in [6.07, 6.45) is 0. The zero-order valence-corrected chi connectivity index (χ0v) is 12.2. The minimum atomic E-state index is -0.102. The maximum Gasteiger partial charge on any atom is 0.122 e. The van der Waals surface area contributed by atoms with E-state index in [0.717, 1.165) is 17.9 Å². The summed E-state index contributed by atoms with van der Waals surface area (Å²) in [6.45, 7) is 6.43. The third kappa shape index (κ3) is 2.55. The number of benzene rings is 1. The molecule has 0 aromatic heterocycles. The Morgan fingerprint density at radius 1 is 1.32 bits per heavy atom.